The summed E-state index contributed by atoms with van der Waals surface area (Å²) in [5.74, 6) is -2.62. The molecule has 2 rings (SSSR count). The molecule has 1 radical (unpaired) electrons. The SMILES string of the molecule is CSc1c(C)cnn1C1=N[N]C(C(C)(F)F)=C1C. The number of hydrogen-bond acceptors (Lipinski definition) is 3. The average Bonchev–Trinajstić information content (AvgIpc) is 2.80. The zero-order valence-electron chi connectivity index (χ0n) is 10.5. The monoisotopic (exact) mass is 271 g/mol. The van der Waals surface area contributed by atoms with Crippen LogP contribution in [-0.2, 0) is 0 Å². The van der Waals surface area contributed by atoms with Gasteiger partial charge in [0, 0.05) is 18.1 Å². The molecule has 18 heavy (non-hydrogen) atoms. The van der Waals surface area contributed by atoms with Crippen molar-refractivity contribution in [2.45, 2.75) is 31.7 Å². The number of rotatable bonds is 2. The van der Waals surface area contributed by atoms with Crippen molar-refractivity contribution in [3.8, 4) is 0 Å². The van der Waals surface area contributed by atoms with E-state index in [2.05, 4.69) is 15.6 Å². The third-order valence-electron chi connectivity index (χ3n) is 2.64. The Kier molecular flexibility index (Phi) is 3.18. The van der Waals surface area contributed by atoms with Gasteiger partial charge in [0.15, 0.2) is 5.84 Å². The first-order chi connectivity index (χ1) is 8.36. The summed E-state index contributed by atoms with van der Waals surface area (Å²) in [4.78, 5) is 0. The third kappa shape index (κ3) is 2.03. The van der Waals surface area contributed by atoms with E-state index in [4.69, 9.17) is 0 Å². The molecule has 0 amide bonds. The minimum atomic E-state index is -2.99. The first-order valence-electron chi connectivity index (χ1n) is 5.33. The fourth-order valence-corrected chi connectivity index (χ4v) is 2.47. The molecule has 0 aromatic carbocycles. The molecule has 0 saturated heterocycles. The number of aromatic nitrogens is 2. The van der Waals surface area contributed by atoms with Gasteiger partial charge in [-0.2, -0.15) is 13.9 Å². The van der Waals surface area contributed by atoms with Crippen LogP contribution in [0.2, 0.25) is 0 Å². The number of aryl methyl sites for hydroxylation is 1. The van der Waals surface area contributed by atoms with Crippen molar-refractivity contribution < 1.29 is 8.78 Å². The van der Waals surface area contributed by atoms with Crippen molar-refractivity contribution in [2.24, 2.45) is 5.10 Å². The molecule has 1 aromatic heterocycles. The Morgan fingerprint density at radius 2 is 2.00 bits per heavy atom. The van der Waals surface area contributed by atoms with Gasteiger partial charge in [-0.3, -0.25) is 0 Å². The highest BCUT2D eigenvalue weighted by Crippen LogP contribution is 2.30. The van der Waals surface area contributed by atoms with Gasteiger partial charge in [0.25, 0.3) is 5.92 Å². The molecule has 0 saturated carbocycles. The minimum Gasteiger partial charge on any atom is -0.206 e. The Morgan fingerprint density at radius 1 is 1.33 bits per heavy atom. The molecule has 0 aliphatic carbocycles. The number of alkyl halides is 2. The van der Waals surface area contributed by atoms with E-state index in [1.54, 1.807) is 17.8 Å². The number of halogens is 2. The molecule has 0 unspecified atom stereocenters. The molecule has 4 nitrogen and oxygen atoms in total. The normalized spacial score (nSPS) is 16.0. The van der Waals surface area contributed by atoms with Gasteiger partial charge in [-0.1, -0.05) is 0 Å². The molecule has 97 valence electrons. The summed E-state index contributed by atoms with van der Waals surface area (Å²) in [6, 6.07) is 0. The predicted octanol–water partition coefficient (Wildman–Crippen LogP) is 2.62. The van der Waals surface area contributed by atoms with Crippen molar-refractivity contribution >= 4 is 17.6 Å². The molecule has 0 N–H and O–H groups in total. The van der Waals surface area contributed by atoms with Crippen molar-refractivity contribution in [2.75, 3.05) is 6.26 Å². The molecule has 0 atom stereocenters. The molecule has 0 spiro atoms. The molecule has 0 bridgehead atoms. The Hall–Kier alpha value is -1.37. The molecule has 1 aromatic rings. The summed E-state index contributed by atoms with van der Waals surface area (Å²) in [7, 11) is 0. The van der Waals surface area contributed by atoms with Gasteiger partial charge in [0.1, 0.15) is 10.7 Å². The summed E-state index contributed by atoms with van der Waals surface area (Å²) < 4.78 is 28.1. The molecule has 0 fully saturated rings. The molecular formula is C11H13F2N4S. The van der Waals surface area contributed by atoms with Crippen LogP contribution in [0.25, 0.3) is 0 Å². The maximum absolute atomic E-state index is 13.3. The van der Waals surface area contributed by atoms with Crippen LogP contribution in [0.5, 0.6) is 0 Å². The van der Waals surface area contributed by atoms with Gasteiger partial charge in [-0.15, -0.1) is 22.3 Å². The highest BCUT2D eigenvalue weighted by atomic mass is 32.2. The second-order valence-electron chi connectivity index (χ2n) is 4.13. The van der Waals surface area contributed by atoms with Gasteiger partial charge >= 0.3 is 0 Å². The van der Waals surface area contributed by atoms with E-state index >= 15 is 0 Å². The summed E-state index contributed by atoms with van der Waals surface area (Å²) in [5, 5.41) is 8.87. The summed E-state index contributed by atoms with van der Waals surface area (Å²) in [6.07, 6.45) is 3.59. The van der Waals surface area contributed by atoms with Crippen LogP contribution in [0.4, 0.5) is 8.78 Å². The number of nitrogens with zero attached hydrogens (tertiary/aromatic N) is 4. The molecule has 7 heteroatoms. The second-order valence-corrected chi connectivity index (χ2v) is 4.93. The topological polar surface area (TPSA) is 44.3 Å². The number of thioether (sulfide) groups is 1. The Balaban J connectivity index is 2.45. The van der Waals surface area contributed by atoms with Gasteiger partial charge < -0.3 is 0 Å². The van der Waals surface area contributed by atoms with E-state index in [1.807, 2.05) is 13.2 Å². The van der Waals surface area contributed by atoms with Crippen molar-refractivity contribution in [3.63, 3.8) is 0 Å². The first kappa shape index (κ1) is 13.1. The lowest BCUT2D eigenvalue weighted by Gasteiger charge is -2.10. The van der Waals surface area contributed by atoms with E-state index in [-0.39, 0.29) is 5.70 Å². The second kappa shape index (κ2) is 4.38. The van der Waals surface area contributed by atoms with Crippen LogP contribution in [0.3, 0.4) is 0 Å². The van der Waals surface area contributed by atoms with Crippen LogP contribution in [-0.4, -0.2) is 27.8 Å². The van der Waals surface area contributed by atoms with Crippen LogP contribution in [0, 0.1) is 6.92 Å². The lowest BCUT2D eigenvalue weighted by Crippen LogP contribution is -2.20. The van der Waals surface area contributed by atoms with E-state index < -0.39 is 5.92 Å². The van der Waals surface area contributed by atoms with E-state index in [0.717, 1.165) is 17.5 Å². The van der Waals surface area contributed by atoms with E-state index in [9.17, 15) is 8.78 Å². The van der Waals surface area contributed by atoms with Gasteiger partial charge in [-0.25, -0.2) is 4.68 Å². The zero-order valence-corrected chi connectivity index (χ0v) is 11.3. The Morgan fingerprint density at radius 3 is 2.50 bits per heavy atom. The fraction of sp³-hybridized carbons (Fsp3) is 0.455. The van der Waals surface area contributed by atoms with E-state index in [0.29, 0.717) is 11.4 Å². The molecule has 1 aliphatic rings. The van der Waals surface area contributed by atoms with Crippen molar-refractivity contribution in [1.82, 2.24) is 15.2 Å². The maximum Gasteiger partial charge on any atom is 0.289 e. The molecular weight excluding hydrogens is 258 g/mol. The van der Waals surface area contributed by atoms with Crippen LogP contribution < -0.4 is 5.43 Å². The largest absolute Gasteiger partial charge is 0.289 e. The van der Waals surface area contributed by atoms with Gasteiger partial charge in [-0.05, 0) is 20.1 Å². The number of hydrogen-bond donors (Lipinski definition) is 0. The minimum absolute atomic E-state index is 0.294. The lowest BCUT2D eigenvalue weighted by molar-refractivity contribution is 0.0554. The zero-order chi connectivity index (χ0) is 13.5. The highest BCUT2D eigenvalue weighted by molar-refractivity contribution is 7.98. The van der Waals surface area contributed by atoms with Gasteiger partial charge in [0.05, 0.1) is 6.20 Å². The average molecular weight is 271 g/mol. The quantitative estimate of drug-likeness (QED) is 0.776. The standard InChI is InChI=1S/C11H13F2N4S/c1-6-5-14-17(10(6)18-4)9-7(2)8(15-16-9)11(3,12)13/h5H,1-4H3. The summed E-state index contributed by atoms with van der Waals surface area (Å²) in [5.41, 5.74) is 4.63. The maximum atomic E-state index is 13.3. The fourth-order valence-electron chi connectivity index (χ4n) is 1.79. The Bertz CT molecular complexity index is 540. The van der Waals surface area contributed by atoms with Crippen molar-refractivity contribution in [3.05, 3.63) is 23.0 Å². The third-order valence-corrected chi connectivity index (χ3v) is 3.52. The van der Waals surface area contributed by atoms with Crippen molar-refractivity contribution in [1.29, 1.82) is 0 Å². The molecule has 2 heterocycles. The number of allylic oxidation sites excluding steroid dienone is 2. The van der Waals surface area contributed by atoms with Crippen LogP contribution in [0.1, 0.15) is 19.4 Å². The smallest absolute Gasteiger partial charge is 0.206 e. The first-order valence-corrected chi connectivity index (χ1v) is 6.56. The molecule has 1 aliphatic heterocycles. The summed E-state index contributed by atoms with van der Waals surface area (Å²) in [6.45, 7) is 4.32. The van der Waals surface area contributed by atoms with E-state index in [1.165, 1.54) is 11.8 Å². The van der Waals surface area contributed by atoms with Gasteiger partial charge in [0.2, 0.25) is 0 Å². The van der Waals surface area contributed by atoms with Crippen LogP contribution in [0.15, 0.2) is 27.6 Å². The predicted molar refractivity (Wildman–Crippen MR) is 67.0 cm³/mol. The highest BCUT2D eigenvalue weighted by Gasteiger charge is 2.36. The van der Waals surface area contributed by atoms with Crippen LogP contribution >= 0.6 is 11.8 Å². The summed E-state index contributed by atoms with van der Waals surface area (Å²) >= 11 is 1.49. The Labute approximate surface area is 108 Å². The lowest BCUT2D eigenvalue weighted by atomic mass is 10.1.